The van der Waals surface area contributed by atoms with Crippen LogP contribution in [-0.2, 0) is 0 Å². The second kappa shape index (κ2) is 7.91. The number of likely N-dealkylation sites (tertiary alicyclic amines) is 2. The highest BCUT2D eigenvalue weighted by atomic mass is 16.5. The fourth-order valence-electron chi connectivity index (χ4n) is 4.10. The van der Waals surface area contributed by atoms with E-state index in [1.165, 1.54) is 12.8 Å². The summed E-state index contributed by atoms with van der Waals surface area (Å²) in [5.41, 5.74) is 0.662. The van der Waals surface area contributed by atoms with Crippen LogP contribution in [0, 0.1) is 0 Å². The van der Waals surface area contributed by atoms with Gasteiger partial charge in [-0.15, -0.1) is 0 Å². The molecule has 0 radical (unpaired) electrons. The van der Waals surface area contributed by atoms with Crippen LogP contribution in [0.4, 0.5) is 0 Å². The first-order valence-corrected chi connectivity index (χ1v) is 9.08. The third-order valence-electron chi connectivity index (χ3n) is 5.35. The molecule has 136 valence electrons. The lowest BCUT2D eigenvalue weighted by molar-refractivity contribution is 0.0664. The molecule has 1 aromatic rings. The monoisotopic (exact) mass is 344 g/mol. The van der Waals surface area contributed by atoms with Gasteiger partial charge in [-0.3, -0.25) is 4.79 Å². The molecule has 2 heterocycles. The molecule has 1 amide bonds. The first-order chi connectivity index (χ1) is 12.2. The molecule has 5 heteroatoms. The minimum absolute atomic E-state index is 0.0939. The highest BCUT2D eigenvalue weighted by Gasteiger charge is 2.38. The van der Waals surface area contributed by atoms with Gasteiger partial charge in [-0.2, -0.15) is 0 Å². The van der Waals surface area contributed by atoms with E-state index in [-0.39, 0.29) is 5.91 Å². The van der Waals surface area contributed by atoms with Gasteiger partial charge in [0.1, 0.15) is 6.61 Å². The van der Waals surface area contributed by atoms with Crippen LogP contribution < -0.4 is 9.47 Å². The molecule has 25 heavy (non-hydrogen) atoms. The summed E-state index contributed by atoms with van der Waals surface area (Å²) in [5, 5.41) is 0. The molecule has 0 bridgehead atoms. The van der Waals surface area contributed by atoms with Crippen LogP contribution in [-0.4, -0.2) is 61.6 Å². The molecule has 0 aromatic heterocycles. The van der Waals surface area contributed by atoms with Crippen molar-refractivity contribution in [2.24, 2.45) is 0 Å². The second-order valence-corrected chi connectivity index (χ2v) is 6.86. The van der Waals surface area contributed by atoms with E-state index < -0.39 is 0 Å². The average Bonchev–Trinajstić information content (AvgIpc) is 3.27. The first kappa shape index (κ1) is 17.8. The third-order valence-corrected chi connectivity index (χ3v) is 5.35. The van der Waals surface area contributed by atoms with Crippen molar-refractivity contribution in [1.82, 2.24) is 9.80 Å². The number of carbonyl (C=O) groups is 1. The predicted molar refractivity (Wildman–Crippen MR) is 98.4 cm³/mol. The van der Waals surface area contributed by atoms with Crippen LogP contribution in [0.1, 0.15) is 36.0 Å². The van der Waals surface area contributed by atoms with Gasteiger partial charge in [0.15, 0.2) is 11.5 Å². The lowest BCUT2D eigenvalue weighted by atomic mass is 10.0. The quantitative estimate of drug-likeness (QED) is 0.744. The Morgan fingerprint density at radius 3 is 2.68 bits per heavy atom. The number of benzene rings is 1. The molecule has 2 atom stereocenters. The number of amides is 1. The molecule has 5 nitrogen and oxygen atoms in total. The topological polar surface area (TPSA) is 42.0 Å². The van der Waals surface area contributed by atoms with E-state index in [1.54, 1.807) is 19.3 Å². The van der Waals surface area contributed by atoms with Crippen LogP contribution in [0.15, 0.2) is 30.9 Å². The molecule has 2 aliphatic rings. The number of hydrogen-bond acceptors (Lipinski definition) is 4. The zero-order chi connectivity index (χ0) is 17.8. The van der Waals surface area contributed by atoms with Gasteiger partial charge in [-0.05, 0) is 57.5 Å². The van der Waals surface area contributed by atoms with Crippen LogP contribution in [0.25, 0.3) is 0 Å². The third kappa shape index (κ3) is 3.66. The fourth-order valence-corrected chi connectivity index (χ4v) is 4.10. The number of nitrogens with zero attached hydrogens (tertiary/aromatic N) is 2. The van der Waals surface area contributed by atoms with Crippen LogP contribution in [0.5, 0.6) is 11.5 Å². The molecule has 2 aliphatic heterocycles. The molecule has 0 spiro atoms. The van der Waals surface area contributed by atoms with Gasteiger partial charge in [-0.25, -0.2) is 0 Å². The van der Waals surface area contributed by atoms with Crippen molar-refractivity contribution in [3.05, 3.63) is 36.4 Å². The molecule has 2 saturated heterocycles. The SMILES string of the molecule is C=CCOc1ccc(C(=O)N2CCC[C@H]2[C@@H]2CCCN2C)cc1OC. The van der Waals surface area contributed by atoms with Crippen molar-refractivity contribution < 1.29 is 14.3 Å². The van der Waals surface area contributed by atoms with Crippen LogP contribution >= 0.6 is 0 Å². The summed E-state index contributed by atoms with van der Waals surface area (Å²) in [5.74, 6) is 1.31. The fraction of sp³-hybridized carbons (Fsp3) is 0.550. The van der Waals surface area contributed by atoms with E-state index in [2.05, 4.69) is 23.4 Å². The zero-order valence-electron chi connectivity index (χ0n) is 15.2. The Morgan fingerprint density at radius 2 is 2.00 bits per heavy atom. The largest absolute Gasteiger partial charge is 0.493 e. The van der Waals surface area contributed by atoms with Gasteiger partial charge in [0.05, 0.1) is 7.11 Å². The van der Waals surface area contributed by atoms with Gasteiger partial charge in [0.2, 0.25) is 0 Å². The summed E-state index contributed by atoms with van der Waals surface area (Å²) < 4.78 is 11.0. The van der Waals surface area contributed by atoms with Crippen molar-refractivity contribution in [2.75, 3.05) is 33.9 Å². The van der Waals surface area contributed by atoms with E-state index in [1.807, 2.05) is 12.1 Å². The summed E-state index contributed by atoms with van der Waals surface area (Å²) in [4.78, 5) is 17.6. The smallest absolute Gasteiger partial charge is 0.254 e. The van der Waals surface area contributed by atoms with Crippen molar-refractivity contribution >= 4 is 5.91 Å². The number of ether oxygens (including phenoxy) is 2. The van der Waals surface area contributed by atoms with Crippen molar-refractivity contribution in [1.29, 1.82) is 0 Å². The van der Waals surface area contributed by atoms with Gasteiger partial charge in [0, 0.05) is 24.2 Å². The number of rotatable bonds is 6. The maximum Gasteiger partial charge on any atom is 0.254 e. The molecule has 1 aromatic carbocycles. The maximum absolute atomic E-state index is 13.1. The van der Waals surface area contributed by atoms with E-state index >= 15 is 0 Å². The Kier molecular flexibility index (Phi) is 5.63. The highest BCUT2D eigenvalue weighted by molar-refractivity contribution is 5.95. The Hall–Kier alpha value is -2.01. The lowest BCUT2D eigenvalue weighted by Gasteiger charge is -2.33. The number of carbonyl (C=O) groups excluding carboxylic acids is 1. The van der Waals surface area contributed by atoms with Gasteiger partial charge < -0.3 is 19.3 Å². The molecule has 0 N–H and O–H groups in total. The molecule has 0 saturated carbocycles. The minimum Gasteiger partial charge on any atom is -0.493 e. The van der Waals surface area contributed by atoms with E-state index in [9.17, 15) is 4.79 Å². The van der Waals surface area contributed by atoms with Gasteiger partial charge in [0.25, 0.3) is 5.91 Å². The maximum atomic E-state index is 13.1. The second-order valence-electron chi connectivity index (χ2n) is 6.86. The van der Waals surface area contributed by atoms with Crippen LogP contribution in [0.3, 0.4) is 0 Å². The Bertz CT molecular complexity index is 631. The Balaban J connectivity index is 1.78. The van der Waals surface area contributed by atoms with Crippen molar-refractivity contribution in [2.45, 2.75) is 37.8 Å². The molecule has 0 aliphatic carbocycles. The minimum atomic E-state index is 0.0939. The van der Waals surface area contributed by atoms with E-state index in [0.717, 1.165) is 25.9 Å². The summed E-state index contributed by atoms with van der Waals surface area (Å²) in [6.07, 6.45) is 6.27. The van der Waals surface area contributed by atoms with E-state index in [0.29, 0.717) is 35.8 Å². The number of hydrogen-bond donors (Lipinski definition) is 0. The van der Waals surface area contributed by atoms with Crippen LogP contribution in [0.2, 0.25) is 0 Å². The molecule has 0 unspecified atom stereocenters. The normalized spacial score (nSPS) is 23.7. The first-order valence-electron chi connectivity index (χ1n) is 9.08. The summed E-state index contributed by atoms with van der Waals surface area (Å²) in [6, 6.07) is 6.24. The van der Waals surface area contributed by atoms with Crippen molar-refractivity contribution in [3.8, 4) is 11.5 Å². The zero-order valence-corrected chi connectivity index (χ0v) is 15.2. The van der Waals surface area contributed by atoms with E-state index in [4.69, 9.17) is 9.47 Å². The summed E-state index contributed by atoms with van der Waals surface area (Å²) in [6.45, 7) is 6.03. The summed E-state index contributed by atoms with van der Waals surface area (Å²) >= 11 is 0. The van der Waals surface area contributed by atoms with Gasteiger partial charge in [-0.1, -0.05) is 12.7 Å². The molecule has 2 fully saturated rings. The average molecular weight is 344 g/mol. The highest BCUT2D eigenvalue weighted by Crippen LogP contribution is 2.32. The molecular formula is C20H28N2O3. The Morgan fingerprint density at radius 1 is 1.24 bits per heavy atom. The molecule has 3 rings (SSSR count). The number of methoxy groups -OCH3 is 1. The number of likely N-dealkylation sites (N-methyl/N-ethyl adjacent to an activating group) is 1. The lowest BCUT2D eigenvalue weighted by Crippen LogP contribution is -2.47. The predicted octanol–water partition coefficient (Wildman–Crippen LogP) is 2.96. The standard InChI is InChI=1S/C20H28N2O3/c1-4-13-25-18-10-9-15(14-19(18)24-3)20(23)22-12-6-8-17(22)16-7-5-11-21(16)2/h4,9-10,14,16-17H,1,5-8,11-13H2,2-3H3/t16-,17-/m0/s1. The Labute approximate surface area is 150 Å². The summed E-state index contributed by atoms with van der Waals surface area (Å²) in [7, 11) is 3.77. The molecular weight excluding hydrogens is 316 g/mol. The van der Waals surface area contributed by atoms with Crippen molar-refractivity contribution in [3.63, 3.8) is 0 Å². The van der Waals surface area contributed by atoms with Gasteiger partial charge >= 0.3 is 0 Å².